The van der Waals surface area contributed by atoms with Gasteiger partial charge in [0.2, 0.25) is 0 Å². The molecular formula is C11H16NO+. The first-order chi connectivity index (χ1) is 6.24. The highest BCUT2D eigenvalue weighted by Crippen LogP contribution is 1.97. The minimum Gasteiger partial charge on any atom is -0.299 e. The molecule has 1 N–H and O–H groups in total. The van der Waals surface area contributed by atoms with Gasteiger partial charge in [-0.2, -0.15) is 0 Å². The van der Waals surface area contributed by atoms with Gasteiger partial charge >= 0.3 is 0 Å². The molecule has 2 heteroatoms. The summed E-state index contributed by atoms with van der Waals surface area (Å²) in [6.45, 7) is 2.49. The van der Waals surface area contributed by atoms with E-state index in [4.69, 9.17) is 0 Å². The maximum atomic E-state index is 11.2. The molecule has 0 aliphatic carbocycles. The zero-order valence-electron chi connectivity index (χ0n) is 8.21. The molecule has 1 aromatic rings. The predicted molar refractivity (Wildman–Crippen MR) is 53.2 cm³/mol. The Morgan fingerprint density at radius 2 is 1.92 bits per heavy atom. The Balaban J connectivity index is 2.59. The van der Waals surface area contributed by atoms with Crippen LogP contribution in [0.15, 0.2) is 30.3 Å². The topological polar surface area (TPSA) is 21.5 Å². The Labute approximate surface area is 79.2 Å². The van der Waals surface area contributed by atoms with Crippen LogP contribution < -0.4 is 4.90 Å². The summed E-state index contributed by atoms with van der Waals surface area (Å²) in [6.07, 6.45) is 0.629. The summed E-state index contributed by atoms with van der Waals surface area (Å²) in [5, 5.41) is 0. The second-order valence-electron chi connectivity index (χ2n) is 3.22. The minimum absolute atomic E-state index is 0.307. The fourth-order valence-corrected chi connectivity index (χ4v) is 1.25. The molecule has 0 aliphatic heterocycles. The number of quaternary nitrogens is 1. The van der Waals surface area contributed by atoms with Crippen molar-refractivity contribution in [1.82, 2.24) is 0 Å². The molecule has 1 atom stereocenters. The molecule has 70 valence electrons. The minimum atomic E-state index is 0.307. The van der Waals surface area contributed by atoms with E-state index in [9.17, 15) is 4.79 Å². The van der Waals surface area contributed by atoms with Gasteiger partial charge in [-0.1, -0.05) is 25.1 Å². The first kappa shape index (κ1) is 9.93. The van der Waals surface area contributed by atoms with Gasteiger partial charge in [0, 0.05) is 6.42 Å². The maximum absolute atomic E-state index is 11.2. The fraction of sp³-hybridized carbons (Fsp3) is 0.364. The molecule has 0 heterocycles. The molecule has 1 rings (SSSR count). The fourth-order valence-electron chi connectivity index (χ4n) is 1.25. The number of para-hydroxylation sites is 1. The lowest BCUT2D eigenvalue weighted by atomic mass is 10.2. The van der Waals surface area contributed by atoms with E-state index in [2.05, 4.69) is 0 Å². The molecule has 0 aromatic heterocycles. The zero-order valence-corrected chi connectivity index (χ0v) is 8.21. The highest BCUT2D eigenvalue weighted by atomic mass is 16.1. The number of carbonyl (C=O) groups is 1. The van der Waals surface area contributed by atoms with Crippen LogP contribution in [0.3, 0.4) is 0 Å². The van der Waals surface area contributed by atoms with E-state index in [1.165, 1.54) is 5.69 Å². The summed E-state index contributed by atoms with van der Waals surface area (Å²) in [5.41, 5.74) is 1.17. The van der Waals surface area contributed by atoms with Crippen LogP contribution in [0, 0.1) is 0 Å². The van der Waals surface area contributed by atoms with E-state index in [1.54, 1.807) is 0 Å². The SMILES string of the molecule is CCC(=O)C[NH+](C)c1ccccc1. The van der Waals surface area contributed by atoms with Crippen molar-refractivity contribution in [2.75, 3.05) is 13.6 Å². The Morgan fingerprint density at radius 3 is 2.46 bits per heavy atom. The number of hydrogen-bond donors (Lipinski definition) is 1. The summed E-state index contributed by atoms with van der Waals surface area (Å²) < 4.78 is 0. The molecule has 0 radical (unpaired) electrons. The van der Waals surface area contributed by atoms with Crippen molar-refractivity contribution in [3.8, 4) is 0 Å². The van der Waals surface area contributed by atoms with Crippen LogP contribution in [-0.2, 0) is 4.79 Å². The van der Waals surface area contributed by atoms with Gasteiger partial charge in [-0.25, -0.2) is 0 Å². The number of nitrogens with one attached hydrogen (secondary N) is 1. The van der Waals surface area contributed by atoms with Crippen LogP contribution in [0.25, 0.3) is 0 Å². The predicted octanol–water partition coefficient (Wildman–Crippen LogP) is 0.812. The van der Waals surface area contributed by atoms with E-state index >= 15 is 0 Å². The average molecular weight is 178 g/mol. The second kappa shape index (κ2) is 4.77. The lowest BCUT2D eigenvalue weighted by Gasteiger charge is -2.11. The van der Waals surface area contributed by atoms with Crippen molar-refractivity contribution in [2.24, 2.45) is 0 Å². The molecule has 0 spiro atoms. The number of carbonyl (C=O) groups excluding carboxylic acids is 1. The van der Waals surface area contributed by atoms with Crippen LogP contribution >= 0.6 is 0 Å². The molecule has 0 bridgehead atoms. The molecule has 1 aromatic carbocycles. The van der Waals surface area contributed by atoms with Crippen LogP contribution in [0.4, 0.5) is 5.69 Å². The molecule has 0 amide bonds. The molecule has 0 saturated heterocycles. The summed E-state index contributed by atoms with van der Waals surface area (Å²) in [5.74, 6) is 0.307. The molecule has 0 saturated carbocycles. The van der Waals surface area contributed by atoms with Crippen molar-refractivity contribution in [2.45, 2.75) is 13.3 Å². The molecule has 13 heavy (non-hydrogen) atoms. The van der Waals surface area contributed by atoms with Gasteiger partial charge in [0.1, 0.15) is 12.2 Å². The largest absolute Gasteiger partial charge is 0.299 e. The van der Waals surface area contributed by atoms with Crippen molar-refractivity contribution in [3.63, 3.8) is 0 Å². The Morgan fingerprint density at radius 1 is 1.31 bits per heavy atom. The summed E-state index contributed by atoms with van der Waals surface area (Å²) in [6, 6.07) is 10.1. The number of ketones is 1. The second-order valence-corrected chi connectivity index (χ2v) is 3.22. The Bertz CT molecular complexity index is 269. The third-order valence-electron chi connectivity index (χ3n) is 2.12. The van der Waals surface area contributed by atoms with Crippen molar-refractivity contribution >= 4 is 11.5 Å². The molecule has 2 nitrogen and oxygen atoms in total. The van der Waals surface area contributed by atoms with E-state index in [0.29, 0.717) is 18.7 Å². The maximum Gasteiger partial charge on any atom is 0.186 e. The van der Waals surface area contributed by atoms with E-state index in [1.807, 2.05) is 44.3 Å². The normalized spacial score (nSPS) is 12.5. The third-order valence-corrected chi connectivity index (χ3v) is 2.12. The lowest BCUT2D eigenvalue weighted by Crippen LogP contribution is -3.05. The highest BCUT2D eigenvalue weighted by molar-refractivity contribution is 5.79. The van der Waals surface area contributed by atoms with Crippen molar-refractivity contribution in [3.05, 3.63) is 30.3 Å². The quantitative estimate of drug-likeness (QED) is 0.724. The van der Waals surface area contributed by atoms with E-state index in [0.717, 1.165) is 4.90 Å². The van der Waals surface area contributed by atoms with Gasteiger partial charge in [0.15, 0.2) is 5.78 Å². The monoisotopic (exact) mass is 178 g/mol. The summed E-state index contributed by atoms with van der Waals surface area (Å²) in [4.78, 5) is 12.3. The van der Waals surface area contributed by atoms with Gasteiger partial charge in [0.25, 0.3) is 0 Å². The molecular weight excluding hydrogens is 162 g/mol. The number of likely N-dealkylation sites (N-methyl/N-ethyl adjacent to an activating group) is 1. The van der Waals surface area contributed by atoms with Crippen molar-refractivity contribution in [1.29, 1.82) is 0 Å². The Kier molecular flexibility index (Phi) is 3.65. The van der Waals surface area contributed by atoms with E-state index in [-0.39, 0.29) is 0 Å². The Hall–Kier alpha value is -1.15. The number of benzene rings is 1. The molecule has 0 aliphatic rings. The van der Waals surface area contributed by atoms with Gasteiger partial charge in [-0.05, 0) is 12.1 Å². The lowest BCUT2D eigenvalue weighted by molar-refractivity contribution is -0.800. The van der Waals surface area contributed by atoms with Crippen molar-refractivity contribution < 1.29 is 9.69 Å². The van der Waals surface area contributed by atoms with Crippen LogP contribution in [-0.4, -0.2) is 19.4 Å². The number of rotatable bonds is 4. The first-order valence-electron chi connectivity index (χ1n) is 4.63. The standard InChI is InChI=1S/C11H15NO/c1-3-11(13)9-12(2)10-7-5-4-6-8-10/h4-8H,3,9H2,1-2H3/p+1. The van der Waals surface area contributed by atoms with Gasteiger partial charge < -0.3 is 0 Å². The zero-order chi connectivity index (χ0) is 9.68. The van der Waals surface area contributed by atoms with Gasteiger partial charge in [-0.15, -0.1) is 0 Å². The van der Waals surface area contributed by atoms with E-state index < -0.39 is 0 Å². The smallest absolute Gasteiger partial charge is 0.186 e. The first-order valence-corrected chi connectivity index (χ1v) is 4.63. The molecule has 1 unspecified atom stereocenters. The molecule has 0 fully saturated rings. The van der Waals surface area contributed by atoms with Crippen LogP contribution in [0.1, 0.15) is 13.3 Å². The summed E-state index contributed by atoms with van der Waals surface area (Å²) in [7, 11) is 2.02. The summed E-state index contributed by atoms with van der Waals surface area (Å²) >= 11 is 0. The highest BCUT2D eigenvalue weighted by Gasteiger charge is 2.09. The van der Waals surface area contributed by atoms with Crippen LogP contribution in [0.5, 0.6) is 0 Å². The number of Topliss-reactive ketones (excluding diaryl/α,β-unsaturated/α-hetero) is 1. The van der Waals surface area contributed by atoms with Gasteiger partial charge in [0.05, 0.1) is 7.05 Å². The number of hydrogen-bond acceptors (Lipinski definition) is 1. The van der Waals surface area contributed by atoms with Crippen LogP contribution in [0.2, 0.25) is 0 Å². The van der Waals surface area contributed by atoms with Gasteiger partial charge in [-0.3, -0.25) is 9.69 Å². The third kappa shape index (κ3) is 2.99. The average Bonchev–Trinajstić information content (AvgIpc) is 2.19.